The van der Waals surface area contributed by atoms with E-state index in [1.807, 2.05) is 41.8 Å². The maximum absolute atomic E-state index is 13.5. The molecule has 0 aliphatic carbocycles. The van der Waals surface area contributed by atoms with E-state index in [9.17, 15) is 9.59 Å². The zero-order valence-corrected chi connectivity index (χ0v) is 19.5. The van der Waals surface area contributed by atoms with Gasteiger partial charge in [0, 0.05) is 19.0 Å². The number of rotatable bonds is 3. The van der Waals surface area contributed by atoms with Crippen LogP contribution in [0.15, 0.2) is 51.4 Å². The predicted octanol–water partition coefficient (Wildman–Crippen LogP) is 3.63. The maximum Gasteiger partial charge on any atom is 0.331 e. The Morgan fingerprint density at radius 1 is 1.09 bits per heavy atom. The Morgan fingerprint density at radius 2 is 1.81 bits per heavy atom. The van der Waals surface area contributed by atoms with Gasteiger partial charge < -0.3 is 14.0 Å². The normalized spacial score (nSPS) is 17.5. The lowest BCUT2D eigenvalue weighted by Gasteiger charge is -2.39. The van der Waals surface area contributed by atoms with Crippen molar-refractivity contribution in [2.45, 2.75) is 25.5 Å². The summed E-state index contributed by atoms with van der Waals surface area (Å²) in [5, 5.41) is 2.53. The number of methoxy groups -OCH3 is 1. The molecular weight excluding hydrogens is 426 g/mol. The Labute approximate surface area is 189 Å². The third kappa shape index (κ3) is 2.83. The average molecular weight is 452 g/mol. The van der Waals surface area contributed by atoms with Gasteiger partial charge in [0.15, 0.2) is 0 Å². The molecule has 1 atom stereocenters. The Kier molecular flexibility index (Phi) is 4.69. The van der Waals surface area contributed by atoms with Crippen molar-refractivity contribution in [3.05, 3.63) is 73.2 Å². The van der Waals surface area contributed by atoms with Crippen LogP contribution in [0.2, 0.25) is 0 Å². The summed E-state index contributed by atoms with van der Waals surface area (Å²) in [6.07, 6.45) is -0.366. The van der Waals surface area contributed by atoms with Gasteiger partial charge in [-0.3, -0.25) is 13.9 Å². The molecule has 0 amide bonds. The third-order valence-corrected chi connectivity index (χ3v) is 7.15. The average Bonchev–Trinajstić information content (AvgIpc) is 3.44. The first kappa shape index (κ1) is 20.8. The Balaban J connectivity index is 2.00. The van der Waals surface area contributed by atoms with E-state index in [-0.39, 0.29) is 17.4 Å². The molecule has 5 rings (SSSR count). The fraction of sp³-hybridized carbons (Fsp3) is 0.333. The lowest BCUT2D eigenvalue weighted by molar-refractivity contribution is -0.00545. The predicted molar refractivity (Wildman–Crippen MR) is 126 cm³/mol. The molecule has 1 aromatic carbocycles. The monoisotopic (exact) mass is 451 g/mol. The van der Waals surface area contributed by atoms with E-state index in [0.717, 1.165) is 27.6 Å². The summed E-state index contributed by atoms with van der Waals surface area (Å²) in [4.78, 5) is 27.5. The summed E-state index contributed by atoms with van der Waals surface area (Å²) >= 11 is 1.60. The Morgan fingerprint density at radius 3 is 2.44 bits per heavy atom. The van der Waals surface area contributed by atoms with Gasteiger partial charge in [-0.1, -0.05) is 6.07 Å². The molecule has 0 radical (unpaired) electrons. The highest BCUT2D eigenvalue weighted by atomic mass is 32.1. The summed E-state index contributed by atoms with van der Waals surface area (Å²) in [5.74, 6) is 0.739. The number of benzene rings is 1. The second-order valence-electron chi connectivity index (χ2n) is 8.75. The highest BCUT2D eigenvalue weighted by Crippen LogP contribution is 2.46. The number of ether oxygens (including phenoxy) is 2. The molecule has 0 N–H and O–H groups in total. The number of hydrogen-bond donors (Lipinski definition) is 0. The molecule has 0 spiro atoms. The van der Waals surface area contributed by atoms with Crippen LogP contribution in [0.4, 0.5) is 0 Å². The van der Waals surface area contributed by atoms with E-state index >= 15 is 0 Å². The molecule has 1 aliphatic rings. The van der Waals surface area contributed by atoms with Crippen molar-refractivity contribution in [3.8, 4) is 17.0 Å². The topological polar surface area (TPSA) is 67.4 Å². The lowest BCUT2D eigenvalue weighted by Crippen LogP contribution is -2.40. The van der Waals surface area contributed by atoms with Gasteiger partial charge in [-0.2, -0.15) is 0 Å². The second kappa shape index (κ2) is 7.21. The van der Waals surface area contributed by atoms with Gasteiger partial charge in [0.1, 0.15) is 11.9 Å². The molecular formula is C24H25N3O4S. The van der Waals surface area contributed by atoms with E-state index in [0.29, 0.717) is 17.5 Å². The van der Waals surface area contributed by atoms with Crippen molar-refractivity contribution in [2.75, 3.05) is 13.7 Å². The highest BCUT2D eigenvalue weighted by Gasteiger charge is 2.40. The van der Waals surface area contributed by atoms with Crippen molar-refractivity contribution in [3.63, 3.8) is 0 Å². The van der Waals surface area contributed by atoms with Gasteiger partial charge in [-0.25, -0.2) is 4.79 Å². The molecule has 1 aliphatic heterocycles. The standard InChI is InChI=1S/C24H25N3O4S/c1-24(2)13-31-21(16-7-6-12-32-16)20-19-17(22(28)26(4)23(29)25(19)3)18(27(20)24)14-8-10-15(30-5)11-9-14/h6-12,21H,13H2,1-5H3. The fourth-order valence-electron chi connectivity index (χ4n) is 4.68. The van der Waals surface area contributed by atoms with Gasteiger partial charge in [-0.15, -0.1) is 11.3 Å². The van der Waals surface area contributed by atoms with Crippen molar-refractivity contribution >= 4 is 22.2 Å². The number of fused-ring (bicyclic) bond motifs is 3. The van der Waals surface area contributed by atoms with Crippen LogP contribution < -0.4 is 16.0 Å². The van der Waals surface area contributed by atoms with Crippen LogP contribution in [0.5, 0.6) is 5.75 Å². The summed E-state index contributed by atoms with van der Waals surface area (Å²) < 4.78 is 16.7. The third-order valence-electron chi connectivity index (χ3n) is 6.23. The van der Waals surface area contributed by atoms with E-state index in [1.165, 1.54) is 11.6 Å². The van der Waals surface area contributed by atoms with Gasteiger partial charge in [-0.05, 0) is 55.1 Å². The van der Waals surface area contributed by atoms with E-state index in [4.69, 9.17) is 9.47 Å². The van der Waals surface area contributed by atoms with Gasteiger partial charge in [0.2, 0.25) is 0 Å². The molecule has 0 saturated carbocycles. The first-order chi connectivity index (χ1) is 15.3. The van der Waals surface area contributed by atoms with Crippen LogP contribution in [-0.4, -0.2) is 27.4 Å². The molecule has 3 aromatic heterocycles. The molecule has 1 unspecified atom stereocenters. The van der Waals surface area contributed by atoms with Crippen LogP contribution in [0, 0.1) is 0 Å². The zero-order chi connectivity index (χ0) is 22.8. The van der Waals surface area contributed by atoms with Crippen LogP contribution >= 0.6 is 11.3 Å². The molecule has 0 saturated heterocycles. The Bertz CT molecular complexity index is 1440. The highest BCUT2D eigenvalue weighted by molar-refractivity contribution is 7.10. The van der Waals surface area contributed by atoms with E-state index in [2.05, 4.69) is 18.4 Å². The molecule has 0 fully saturated rings. The first-order valence-corrected chi connectivity index (χ1v) is 11.3. The SMILES string of the molecule is COc1ccc(-c2c3c(=O)n(C)c(=O)n(C)c3c3n2C(C)(C)COC3c2cccs2)cc1. The number of aromatic nitrogens is 3. The molecule has 0 bridgehead atoms. The molecule has 8 heteroatoms. The number of hydrogen-bond acceptors (Lipinski definition) is 5. The maximum atomic E-state index is 13.5. The largest absolute Gasteiger partial charge is 0.497 e. The number of nitrogens with zero attached hydrogens (tertiary/aromatic N) is 3. The molecule has 166 valence electrons. The molecule has 4 heterocycles. The minimum atomic E-state index is -0.432. The second-order valence-corrected chi connectivity index (χ2v) is 9.73. The first-order valence-electron chi connectivity index (χ1n) is 10.4. The van der Waals surface area contributed by atoms with Crippen LogP contribution in [0.1, 0.15) is 30.5 Å². The summed E-state index contributed by atoms with van der Waals surface area (Å²) in [6, 6.07) is 11.7. The minimum Gasteiger partial charge on any atom is -0.497 e. The summed E-state index contributed by atoms with van der Waals surface area (Å²) in [6.45, 7) is 4.66. The lowest BCUT2D eigenvalue weighted by atomic mass is 10.0. The van der Waals surface area contributed by atoms with Gasteiger partial charge >= 0.3 is 5.69 Å². The van der Waals surface area contributed by atoms with Crippen LogP contribution in [-0.2, 0) is 24.4 Å². The van der Waals surface area contributed by atoms with Crippen molar-refractivity contribution in [1.29, 1.82) is 0 Å². The quantitative estimate of drug-likeness (QED) is 0.477. The van der Waals surface area contributed by atoms with Crippen molar-refractivity contribution in [1.82, 2.24) is 13.7 Å². The Hall–Kier alpha value is -3.10. The zero-order valence-electron chi connectivity index (χ0n) is 18.7. The van der Waals surface area contributed by atoms with Crippen LogP contribution in [0.3, 0.4) is 0 Å². The van der Waals surface area contributed by atoms with Crippen LogP contribution in [0.25, 0.3) is 22.2 Å². The fourth-order valence-corrected chi connectivity index (χ4v) is 5.45. The van der Waals surface area contributed by atoms with Gasteiger partial charge in [0.25, 0.3) is 5.56 Å². The molecule has 7 nitrogen and oxygen atoms in total. The smallest absolute Gasteiger partial charge is 0.331 e. The molecule has 32 heavy (non-hydrogen) atoms. The van der Waals surface area contributed by atoms with Gasteiger partial charge in [0.05, 0.1) is 41.5 Å². The van der Waals surface area contributed by atoms with Crippen molar-refractivity contribution in [2.24, 2.45) is 14.1 Å². The molecule has 4 aromatic rings. The van der Waals surface area contributed by atoms with Crippen molar-refractivity contribution < 1.29 is 9.47 Å². The number of aryl methyl sites for hydroxylation is 1. The van der Waals surface area contributed by atoms with E-state index < -0.39 is 5.54 Å². The van der Waals surface area contributed by atoms with E-state index in [1.54, 1.807) is 30.1 Å². The summed E-state index contributed by atoms with van der Waals surface area (Å²) in [7, 11) is 4.87. The summed E-state index contributed by atoms with van der Waals surface area (Å²) in [5.41, 5.74) is 2.04. The minimum absolute atomic E-state index is 0.309. The number of thiophene rings is 1.